The van der Waals surface area contributed by atoms with Crippen molar-refractivity contribution in [1.82, 2.24) is 25.0 Å². The quantitative estimate of drug-likeness (QED) is 0.785. The number of nitrogens with one attached hydrogen (secondary N) is 1. The molecule has 30 heavy (non-hydrogen) atoms. The van der Waals surface area contributed by atoms with Crippen LogP contribution in [0, 0.1) is 18.2 Å². The maximum atomic E-state index is 14.3. The number of amides is 1. The van der Waals surface area contributed by atoms with Crippen LogP contribution >= 0.6 is 0 Å². The Morgan fingerprint density at radius 3 is 2.93 bits per heavy atom. The van der Waals surface area contributed by atoms with Crippen molar-refractivity contribution in [2.24, 2.45) is 5.41 Å². The van der Waals surface area contributed by atoms with E-state index in [0.29, 0.717) is 36.5 Å². The SMILES string of the molecule is COc1ccc(F)c(CN2CCCC3(CCN(C(=O)CCc4n[nH]c(C)n4)C3)C2)c1. The minimum atomic E-state index is -0.194. The van der Waals surface area contributed by atoms with Gasteiger partial charge in [-0.05, 0) is 50.9 Å². The topological polar surface area (TPSA) is 74.3 Å². The van der Waals surface area contributed by atoms with Crippen LogP contribution in [0.4, 0.5) is 4.39 Å². The molecule has 0 saturated carbocycles. The van der Waals surface area contributed by atoms with Gasteiger partial charge in [0.25, 0.3) is 0 Å². The summed E-state index contributed by atoms with van der Waals surface area (Å²) >= 11 is 0. The zero-order valence-corrected chi connectivity index (χ0v) is 17.8. The van der Waals surface area contributed by atoms with Crippen molar-refractivity contribution in [3.05, 3.63) is 41.2 Å². The lowest BCUT2D eigenvalue weighted by Crippen LogP contribution is -2.45. The molecule has 1 atom stereocenters. The summed E-state index contributed by atoms with van der Waals surface area (Å²) in [4.78, 5) is 21.3. The van der Waals surface area contributed by atoms with E-state index < -0.39 is 0 Å². The highest BCUT2D eigenvalue weighted by molar-refractivity contribution is 5.76. The molecule has 1 N–H and O–H groups in total. The molecule has 3 heterocycles. The maximum Gasteiger partial charge on any atom is 0.223 e. The van der Waals surface area contributed by atoms with Gasteiger partial charge in [0.05, 0.1) is 7.11 Å². The van der Waals surface area contributed by atoms with Crippen molar-refractivity contribution < 1.29 is 13.9 Å². The van der Waals surface area contributed by atoms with Gasteiger partial charge < -0.3 is 9.64 Å². The Balaban J connectivity index is 1.34. The number of hydrogen-bond donors (Lipinski definition) is 1. The molecule has 1 unspecified atom stereocenters. The average molecular weight is 416 g/mol. The maximum absolute atomic E-state index is 14.3. The van der Waals surface area contributed by atoms with E-state index in [9.17, 15) is 9.18 Å². The number of halogens is 1. The Morgan fingerprint density at radius 2 is 2.17 bits per heavy atom. The summed E-state index contributed by atoms with van der Waals surface area (Å²) in [6.45, 7) is 5.87. The van der Waals surface area contributed by atoms with Crippen LogP contribution in [-0.4, -0.2) is 64.2 Å². The summed E-state index contributed by atoms with van der Waals surface area (Å²) in [5.74, 6) is 2.12. The first-order valence-corrected chi connectivity index (χ1v) is 10.7. The number of aryl methyl sites for hydroxylation is 2. The fraction of sp³-hybridized carbons (Fsp3) is 0.591. The van der Waals surface area contributed by atoms with Gasteiger partial charge in [-0.2, -0.15) is 5.10 Å². The molecule has 7 nitrogen and oxygen atoms in total. The van der Waals surface area contributed by atoms with Gasteiger partial charge in [-0.3, -0.25) is 14.8 Å². The lowest BCUT2D eigenvalue weighted by Gasteiger charge is -2.40. The number of rotatable bonds is 6. The van der Waals surface area contributed by atoms with E-state index in [2.05, 4.69) is 20.1 Å². The zero-order valence-electron chi connectivity index (χ0n) is 17.8. The van der Waals surface area contributed by atoms with Crippen molar-refractivity contribution in [1.29, 1.82) is 0 Å². The summed E-state index contributed by atoms with van der Waals surface area (Å²) in [6, 6.07) is 4.91. The highest BCUT2D eigenvalue weighted by Crippen LogP contribution is 2.39. The molecule has 1 spiro atoms. The number of ether oxygens (including phenoxy) is 1. The molecule has 4 rings (SSSR count). The summed E-state index contributed by atoms with van der Waals surface area (Å²) in [5.41, 5.74) is 0.781. The number of hydrogen-bond acceptors (Lipinski definition) is 5. The number of aromatic amines is 1. The molecule has 2 aliphatic rings. The third-order valence-corrected chi connectivity index (χ3v) is 6.38. The van der Waals surface area contributed by atoms with Crippen LogP contribution in [0.5, 0.6) is 5.75 Å². The lowest BCUT2D eigenvalue weighted by molar-refractivity contribution is -0.130. The standard InChI is InChI=1S/C22H30FN5O2/c1-16-24-20(26-25-16)6-7-21(29)28-11-9-22(15-28)8-3-10-27(14-22)13-17-12-18(30-2)4-5-19(17)23/h4-5,12H,3,6-11,13-15H2,1-2H3,(H,24,25,26). The third-order valence-electron chi connectivity index (χ3n) is 6.38. The number of nitrogens with zero attached hydrogens (tertiary/aromatic N) is 4. The van der Waals surface area contributed by atoms with E-state index in [1.807, 2.05) is 11.8 Å². The van der Waals surface area contributed by atoms with Crippen LogP contribution < -0.4 is 4.74 Å². The van der Waals surface area contributed by atoms with Crippen molar-refractivity contribution >= 4 is 5.91 Å². The molecule has 2 aromatic rings. The van der Waals surface area contributed by atoms with Crippen LogP contribution in [0.2, 0.25) is 0 Å². The summed E-state index contributed by atoms with van der Waals surface area (Å²) in [5, 5.41) is 6.93. The van der Waals surface area contributed by atoms with Gasteiger partial charge in [0.2, 0.25) is 5.91 Å². The van der Waals surface area contributed by atoms with E-state index in [1.165, 1.54) is 6.07 Å². The van der Waals surface area contributed by atoms with Crippen molar-refractivity contribution in [2.45, 2.75) is 45.6 Å². The average Bonchev–Trinajstić information content (AvgIpc) is 3.34. The van der Waals surface area contributed by atoms with Crippen LogP contribution in [0.3, 0.4) is 0 Å². The Labute approximate surface area is 176 Å². The molecule has 1 amide bonds. The highest BCUT2D eigenvalue weighted by Gasteiger charge is 2.42. The normalized spacial score (nSPS) is 22.0. The predicted molar refractivity (Wildman–Crippen MR) is 111 cm³/mol. The molecular weight excluding hydrogens is 385 g/mol. The van der Waals surface area contributed by atoms with Crippen molar-refractivity contribution in [3.8, 4) is 5.75 Å². The first-order chi connectivity index (χ1) is 14.5. The molecular formula is C22H30FN5O2. The summed E-state index contributed by atoms with van der Waals surface area (Å²) in [6.07, 6.45) is 4.20. The molecule has 2 aliphatic heterocycles. The van der Waals surface area contributed by atoms with Gasteiger partial charge in [-0.1, -0.05) is 0 Å². The second-order valence-corrected chi connectivity index (χ2v) is 8.67. The minimum Gasteiger partial charge on any atom is -0.497 e. The van der Waals surface area contributed by atoms with Crippen LogP contribution in [0.25, 0.3) is 0 Å². The van der Waals surface area contributed by atoms with E-state index >= 15 is 0 Å². The van der Waals surface area contributed by atoms with E-state index in [-0.39, 0.29) is 17.1 Å². The van der Waals surface area contributed by atoms with Crippen LogP contribution in [0.1, 0.15) is 42.9 Å². The van der Waals surface area contributed by atoms with Gasteiger partial charge in [0.15, 0.2) is 5.82 Å². The number of methoxy groups -OCH3 is 1. The zero-order chi connectivity index (χ0) is 21.1. The summed E-state index contributed by atoms with van der Waals surface area (Å²) < 4.78 is 19.5. The lowest BCUT2D eigenvalue weighted by atomic mass is 9.79. The fourth-order valence-corrected chi connectivity index (χ4v) is 4.84. The second kappa shape index (κ2) is 8.71. The molecule has 0 aliphatic carbocycles. The number of H-pyrrole nitrogens is 1. The smallest absolute Gasteiger partial charge is 0.223 e. The van der Waals surface area contributed by atoms with Crippen LogP contribution in [0.15, 0.2) is 18.2 Å². The largest absolute Gasteiger partial charge is 0.497 e. The number of benzene rings is 1. The van der Waals surface area contributed by atoms with Gasteiger partial charge >= 0.3 is 0 Å². The number of likely N-dealkylation sites (tertiary alicyclic amines) is 2. The number of piperidine rings is 1. The fourth-order valence-electron chi connectivity index (χ4n) is 4.84. The monoisotopic (exact) mass is 415 g/mol. The molecule has 2 fully saturated rings. The third kappa shape index (κ3) is 4.64. The van der Waals surface area contributed by atoms with Crippen molar-refractivity contribution in [3.63, 3.8) is 0 Å². The van der Waals surface area contributed by atoms with E-state index in [1.54, 1.807) is 19.2 Å². The number of carbonyl (C=O) groups excluding carboxylic acids is 1. The summed E-state index contributed by atoms with van der Waals surface area (Å²) in [7, 11) is 1.60. The predicted octanol–water partition coefficient (Wildman–Crippen LogP) is 2.71. The highest BCUT2D eigenvalue weighted by atomic mass is 19.1. The molecule has 0 bridgehead atoms. The molecule has 8 heteroatoms. The van der Waals surface area contributed by atoms with E-state index in [4.69, 9.17) is 4.74 Å². The first kappa shape index (κ1) is 20.8. The van der Waals surface area contributed by atoms with E-state index in [0.717, 1.165) is 51.3 Å². The Kier molecular flexibility index (Phi) is 6.04. The van der Waals surface area contributed by atoms with Crippen LogP contribution in [-0.2, 0) is 17.8 Å². The van der Waals surface area contributed by atoms with Gasteiger partial charge in [0, 0.05) is 50.0 Å². The number of aromatic nitrogens is 3. The van der Waals surface area contributed by atoms with Gasteiger partial charge in [0.1, 0.15) is 17.4 Å². The molecule has 162 valence electrons. The Morgan fingerprint density at radius 1 is 1.30 bits per heavy atom. The molecule has 2 saturated heterocycles. The van der Waals surface area contributed by atoms with Gasteiger partial charge in [-0.25, -0.2) is 9.37 Å². The number of carbonyl (C=O) groups is 1. The first-order valence-electron chi connectivity index (χ1n) is 10.7. The second-order valence-electron chi connectivity index (χ2n) is 8.67. The molecule has 1 aromatic carbocycles. The van der Waals surface area contributed by atoms with Gasteiger partial charge in [-0.15, -0.1) is 0 Å². The molecule has 0 radical (unpaired) electrons. The Bertz CT molecular complexity index is 901. The minimum absolute atomic E-state index is 0.116. The Hall–Kier alpha value is -2.48. The van der Waals surface area contributed by atoms with Crippen molar-refractivity contribution in [2.75, 3.05) is 33.3 Å². The molecule has 1 aromatic heterocycles.